The van der Waals surface area contributed by atoms with Gasteiger partial charge in [0.25, 0.3) is 5.91 Å². The summed E-state index contributed by atoms with van der Waals surface area (Å²) in [5.74, 6) is 0.596. The Bertz CT molecular complexity index is 1500. The van der Waals surface area contributed by atoms with Crippen molar-refractivity contribution < 1.29 is 4.79 Å². The maximum Gasteiger partial charge on any atom is 0.253 e. The number of carbonyl (C=O) groups is 1. The second kappa shape index (κ2) is 11.3. The van der Waals surface area contributed by atoms with Crippen LogP contribution in [-0.4, -0.2) is 76.6 Å². The van der Waals surface area contributed by atoms with Crippen molar-refractivity contribution in [1.82, 2.24) is 24.4 Å². The van der Waals surface area contributed by atoms with Gasteiger partial charge in [0.1, 0.15) is 0 Å². The van der Waals surface area contributed by atoms with Gasteiger partial charge in [0.05, 0.1) is 5.69 Å². The third-order valence-electron chi connectivity index (χ3n) is 9.03. The highest BCUT2D eigenvalue weighted by molar-refractivity contribution is 6.30. The largest absolute Gasteiger partial charge is 0.368 e. The zero-order valence-corrected chi connectivity index (χ0v) is 24.8. The van der Waals surface area contributed by atoms with Crippen LogP contribution < -0.4 is 10.2 Å². The van der Waals surface area contributed by atoms with E-state index in [1.807, 2.05) is 65.1 Å². The van der Waals surface area contributed by atoms with Gasteiger partial charge in [-0.3, -0.25) is 4.79 Å². The van der Waals surface area contributed by atoms with Crippen molar-refractivity contribution in [2.45, 2.75) is 44.1 Å². The zero-order chi connectivity index (χ0) is 28.6. The molecule has 2 aliphatic heterocycles. The average Bonchev–Trinajstić information content (AvgIpc) is 3.41. The van der Waals surface area contributed by atoms with E-state index in [0.717, 1.165) is 73.9 Å². The van der Waals surface area contributed by atoms with Gasteiger partial charge in [-0.25, -0.2) is 4.52 Å². The molecule has 9 heteroatoms. The number of nitrogens with zero attached hydrogens (tertiary/aromatic N) is 6. The Balaban J connectivity index is 1.12. The van der Waals surface area contributed by atoms with Gasteiger partial charge in [0.15, 0.2) is 5.65 Å². The first-order chi connectivity index (χ1) is 19.8. The number of benzene rings is 2. The number of rotatable bonds is 6. The first-order valence-electron chi connectivity index (χ1n) is 14.5. The summed E-state index contributed by atoms with van der Waals surface area (Å²) in [5, 5.41) is 8.78. The van der Waals surface area contributed by atoms with E-state index >= 15 is 0 Å². The second-order valence-corrected chi connectivity index (χ2v) is 12.2. The summed E-state index contributed by atoms with van der Waals surface area (Å²) in [6.07, 6.45) is 6.05. The van der Waals surface area contributed by atoms with E-state index in [4.69, 9.17) is 16.6 Å². The fraction of sp³-hybridized carbons (Fsp3) is 0.406. The van der Waals surface area contributed by atoms with E-state index < -0.39 is 0 Å². The molecule has 1 N–H and O–H groups in total. The molecule has 0 atom stereocenters. The molecule has 0 bridgehead atoms. The molecular weight excluding hydrogens is 534 g/mol. The first-order valence-corrected chi connectivity index (χ1v) is 14.9. The predicted octanol–water partition coefficient (Wildman–Crippen LogP) is 5.85. The number of likely N-dealkylation sites (tertiary alicyclic amines) is 1. The summed E-state index contributed by atoms with van der Waals surface area (Å²) in [4.78, 5) is 24.6. The van der Waals surface area contributed by atoms with Crippen molar-refractivity contribution in [2.75, 3.05) is 50.5 Å². The number of halogens is 1. The minimum Gasteiger partial charge on any atom is -0.368 e. The van der Waals surface area contributed by atoms with Crippen LogP contribution in [0.5, 0.6) is 0 Å². The fourth-order valence-electron chi connectivity index (χ4n) is 6.15. The topological polar surface area (TPSA) is 69.0 Å². The molecule has 0 radical (unpaired) electrons. The summed E-state index contributed by atoms with van der Waals surface area (Å²) < 4.78 is 1.83. The van der Waals surface area contributed by atoms with Gasteiger partial charge < -0.3 is 20.0 Å². The predicted molar refractivity (Wildman–Crippen MR) is 166 cm³/mol. The molecule has 1 amide bonds. The Morgan fingerprint density at radius 2 is 1.68 bits per heavy atom. The molecule has 2 aliphatic rings. The van der Waals surface area contributed by atoms with Crippen LogP contribution >= 0.6 is 11.6 Å². The van der Waals surface area contributed by atoms with Crippen LogP contribution in [0.15, 0.2) is 66.9 Å². The number of amides is 1. The van der Waals surface area contributed by atoms with E-state index in [-0.39, 0.29) is 11.3 Å². The molecule has 2 aromatic carbocycles. The highest BCUT2D eigenvalue weighted by Gasteiger charge is 2.32. The Labute approximate surface area is 246 Å². The van der Waals surface area contributed by atoms with Gasteiger partial charge in [0.2, 0.25) is 5.95 Å². The maximum atomic E-state index is 13.1. The van der Waals surface area contributed by atoms with Crippen molar-refractivity contribution in [1.29, 1.82) is 0 Å². The second-order valence-electron chi connectivity index (χ2n) is 11.8. The number of pyridine rings is 1. The summed E-state index contributed by atoms with van der Waals surface area (Å²) in [6, 6.07) is 20.3. The molecule has 4 heterocycles. The van der Waals surface area contributed by atoms with Crippen molar-refractivity contribution in [3.63, 3.8) is 0 Å². The quantitative estimate of drug-likeness (QED) is 0.313. The van der Waals surface area contributed by atoms with Gasteiger partial charge >= 0.3 is 0 Å². The SMILES string of the molecule is CN1CCC(N(C)C(=O)c2ccc(Nc3nc4c(N5CCC(C)(c6ccc(Cl)cc6)CC5)cccn4n3)cc2)CC1. The van der Waals surface area contributed by atoms with Gasteiger partial charge in [-0.05, 0) is 105 Å². The molecule has 0 unspecified atom stereocenters. The average molecular weight is 572 g/mol. The van der Waals surface area contributed by atoms with E-state index in [1.54, 1.807) is 0 Å². The number of hydrogen-bond donors (Lipinski definition) is 1. The molecule has 4 aromatic rings. The van der Waals surface area contributed by atoms with Crippen LogP contribution in [0.2, 0.25) is 5.02 Å². The lowest BCUT2D eigenvalue weighted by molar-refractivity contribution is 0.0659. The van der Waals surface area contributed by atoms with Crippen LogP contribution in [0.3, 0.4) is 0 Å². The number of carbonyl (C=O) groups excluding carboxylic acids is 1. The zero-order valence-electron chi connectivity index (χ0n) is 24.1. The van der Waals surface area contributed by atoms with Crippen LogP contribution in [0.4, 0.5) is 17.3 Å². The molecule has 214 valence electrons. The maximum absolute atomic E-state index is 13.1. The summed E-state index contributed by atoms with van der Waals surface area (Å²) >= 11 is 6.12. The Morgan fingerprint density at radius 1 is 1.00 bits per heavy atom. The van der Waals surface area contributed by atoms with Crippen LogP contribution in [-0.2, 0) is 5.41 Å². The fourth-order valence-corrected chi connectivity index (χ4v) is 6.28. The van der Waals surface area contributed by atoms with Crippen LogP contribution in [0.25, 0.3) is 5.65 Å². The van der Waals surface area contributed by atoms with Crippen molar-refractivity contribution >= 4 is 40.5 Å². The van der Waals surface area contributed by atoms with Crippen molar-refractivity contribution in [2.24, 2.45) is 0 Å². The number of nitrogens with one attached hydrogen (secondary N) is 1. The summed E-state index contributed by atoms with van der Waals surface area (Å²) in [6.45, 7) is 6.28. The summed E-state index contributed by atoms with van der Waals surface area (Å²) in [7, 11) is 4.05. The molecule has 2 fully saturated rings. The summed E-state index contributed by atoms with van der Waals surface area (Å²) in [5.41, 5.74) is 4.92. The van der Waals surface area contributed by atoms with Gasteiger partial charge in [-0.1, -0.05) is 30.7 Å². The highest BCUT2D eigenvalue weighted by Crippen LogP contribution is 2.37. The lowest BCUT2D eigenvalue weighted by Gasteiger charge is -2.40. The molecule has 0 saturated carbocycles. The van der Waals surface area contributed by atoms with Crippen molar-refractivity contribution in [3.05, 3.63) is 83.0 Å². The Morgan fingerprint density at radius 3 is 2.37 bits per heavy atom. The molecular formula is C32H38ClN7O. The van der Waals surface area contributed by atoms with E-state index in [2.05, 4.69) is 52.4 Å². The minimum atomic E-state index is 0.0651. The number of anilines is 3. The first kappa shape index (κ1) is 27.5. The lowest BCUT2D eigenvalue weighted by atomic mass is 9.74. The molecule has 2 aromatic heterocycles. The molecule has 2 saturated heterocycles. The van der Waals surface area contributed by atoms with Gasteiger partial charge in [0, 0.05) is 48.6 Å². The molecule has 0 spiro atoms. The smallest absolute Gasteiger partial charge is 0.253 e. The molecule has 8 nitrogen and oxygen atoms in total. The van der Waals surface area contributed by atoms with E-state index in [0.29, 0.717) is 17.6 Å². The monoisotopic (exact) mass is 571 g/mol. The third-order valence-corrected chi connectivity index (χ3v) is 9.29. The minimum absolute atomic E-state index is 0.0651. The lowest BCUT2D eigenvalue weighted by Crippen LogP contribution is -2.44. The van der Waals surface area contributed by atoms with E-state index in [9.17, 15) is 4.79 Å². The Hall–Kier alpha value is -3.62. The van der Waals surface area contributed by atoms with Crippen LogP contribution in [0, 0.1) is 0 Å². The molecule has 6 rings (SSSR count). The number of aromatic nitrogens is 3. The highest BCUT2D eigenvalue weighted by atomic mass is 35.5. The Kier molecular flexibility index (Phi) is 7.62. The van der Waals surface area contributed by atoms with Crippen molar-refractivity contribution in [3.8, 4) is 0 Å². The van der Waals surface area contributed by atoms with Crippen LogP contribution in [0.1, 0.15) is 48.5 Å². The van der Waals surface area contributed by atoms with E-state index in [1.165, 1.54) is 5.56 Å². The molecule has 0 aliphatic carbocycles. The molecule has 41 heavy (non-hydrogen) atoms. The van der Waals surface area contributed by atoms with Gasteiger partial charge in [-0.15, -0.1) is 5.10 Å². The standard InChI is InChI=1S/C32H38ClN7O/c1-32(24-8-10-25(33)11-9-24)16-21-39(22-17-32)28-5-4-18-40-29(28)35-31(36-40)34-26-12-6-23(7-13-26)30(41)38(3)27-14-19-37(2)20-15-27/h4-13,18,27H,14-17,19-22H2,1-3H3,(H,34,36). The number of piperidine rings is 2. The number of hydrogen-bond acceptors (Lipinski definition) is 6. The third kappa shape index (κ3) is 5.76. The van der Waals surface area contributed by atoms with Gasteiger partial charge in [-0.2, -0.15) is 4.98 Å². The number of fused-ring (bicyclic) bond motifs is 1. The normalized spacial score (nSPS) is 18.0.